The Balaban J connectivity index is 1.45. The van der Waals surface area contributed by atoms with Gasteiger partial charge < -0.3 is 5.32 Å². The van der Waals surface area contributed by atoms with Crippen molar-refractivity contribution in [2.75, 3.05) is 11.1 Å². The predicted octanol–water partition coefficient (Wildman–Crippen LogP) is 6.11. The second-order valence-corrected chi connectivity index (χ2v) is 8.28. The maximum absolute atomic E-state index is 12.6. The van der Waals surface area contributed by atoms with Crippen molar-refractivity contribution >= 4 is 44.9 Å². The molecule has 30 heavy (non-hydrogen) atoms. The first-order valence-corrected chi connectivity index (χ1v) is 10.6. The van der Waals surface area contributed by atoms with Crippen molar-refractivity contribution in [3.63, 3.8) is 0 Å². The van der Waals surface area contributed by atoms with Gasteiger partial charge in [0.1, 0.15) is 5.01 Å². The van der Waals surface area contributed by atoms with E-state index in [1.807, 2.05) is 42.5 Å². The number of fused-ring (bicyclic) bond motifs is 1. The van der Waals surface area contributed by atoms with Gasteiger partial charge in [-0.1, -0.05) is 36.0 Å². The molecule has 2 aromatic heterocycles. The molecule has 0 aliphatic rings. The van der Waals surface area contributed by atoms with Crippen LogP contribution in [0.25, 0.3) is 20.8 Å². The van der Waals surface area contributed by atoms with Gasteiger partial charge in [-0.15, -0.1) is 11.3 Å². The molecule has 0 saturated heterocycles. The third-order valence-corrected chi connectivity index (χ3v) is 6.15. The van der Waals surface area contributed by atoms with Crippen molar-refractivity contribution in [2.45, 2.75) is 11.2 Å². The highest BCUT2D eigenvalue weighted by Crippen LogP contribution is 2.34. The van der Waals surface area contributed by atoms with Crippen LogP contribution in [-0.2, 0) is 11.0 Å². The number of para-hydroxylation sites is 2. The van der Waals surface area contributed by atoms with Crippen LogP contribution in [0.4, 0.5) is 18.9 Å². The Morgan fingerprint density at radius 2 is 1.80 bits per heavy atom. The lowest BCUT2D eigenvalue weighted by Crippen LogP contribution is -2.14. The SMILES string of the molecule is O=C(CSc1ccc(C(F)(F)F)cn1)Nc1ccccc1-c1nc2ccccc2s1. The quantitative estimate of drug-likeness (QED) is 0.377. The molecular weight excluding hydrogens is 431 g/mol. The second kappa shape index (κ2) is 8.45. The maximum atomic E-state index is 12.6. The molecule has 4 aromatic rings. The lowest BCUT2D eigenvalue weighted by molar-refractivity contribution is -0.137. The smallest absolute Gasteiger partial charge is 0.325 e. The summed E-state index contributed by atoms with van der Waals surface area (Å²) in [6.45, 7) is 0. The first-order chi connectivity index (χ1) is 14.4. The van der Waals surface area contributed by atoms with Crippen LogP contribution in [0.3, 0.4) is 0 Å². The number of anilines is 1. The molecule has 0 fully saturated rings. The van der Waals surface area contributed by atoms with Gasteiger partial charge in [-0.2, -0.15) is 13.2 Å². The van der Waals surface area contributed by atoms with Crippen LogP contribution in [0.1, 0.15) is 5.56 Å². The number of alkyl halides is 3. The number of hydrogen-bond donors (Lipinski definition) is 1. The Bertz CT molecular complexity index is 1160. The number of aromatic nitrogens is 2. The van der Waals surface area contributed by atoms with E-state index < -0.39 is 11.7 Å². The molecule has 152 valence electrons. The third-order valence-electron chi connectivity index (χ3n) is 4.14. The van der Waals surface area contributed by atoms with E-state index in [0.717, 1.165) is 44.8 Å². The number of halogens is 3. The van der Waals surface area contributed by atoms with Gasteiger partial charge in [0.15, 0.2) is 0 Å². The molecule has 0 aliphatic carbocycles. The average Bonchev–Trinajstić information content (AvgIpc) is 3.16. The Hall–Kier alpha value is -2.91. The molecule has 0 radical (unpaired) electrons. The number of thiazole rings is 1. The normalized spacial score (nSPS) is 11.6. The highest BCUT2D eigenvalue weighted by atomic mass is 32.2. The molecule has 2 heterocycles. The standard InChI is InChI=1S/C21H14F3N3OS2/c22-21(23,24)13-9-10-19(25-11-13)29-12-18(28)26-15-6-2-1-5-14(15)20-27-16-7-3-4-8-17(16)30-20/h1-11H,12H2,(H,26,28). The Morgan fingerprint density at radius 3 is 2.53 bits per heavy atom. The van der Waals surface area contributed by atoms with Crippen LogP contribution in [0.15, 0.2) is 71.9 Å². The zero-order chi connectivity index (χ0) is 21.1. The molecule has 9 heteroatoms. The third kappa shape index (κ3) is 4.63. The largest absolute Gasteiger partial charge is 0.417 e. The molecule has 0 spiro atoms. The predicted molar refractivity (Wildman–Crippen MR) is 114 cm³/mol. The summed E-state index contributed by atoms with van der Waals surface area (Å²) in [6.07, 6.45) is -3.67. The van der Waals surface area contributed by atoms with E-state index in [-0.39, 0.29) is 11.7 Å². The highest BCUT2D eigenvalue weighted by molar-refractivity contribution is 7.99. The van der Waals surface area contributed by atoms with E-state index in [1.54, 1.807) is 6.07 Å². The van der Waals surface area contributed by atoms with Gasteiger partial charge in [-0.05, 0) is 36.4 Å². The molecule has 0 saturated carbocycles. The van der Waals surface area contributed by atoms with Crippen LogP contribution in [0.5, 0.6) is 0 Å². The molecule has 0 unspecified atom stereocenters. The molecule has 4 rings (SSSR count). The van der Waals surface area contributed by atoms with Crippen LogP contribution in [0.2, 0.25) is 0 Å². The van der Waals surface area contributed by atoms with Crippen LogP contribution in [0, 0.1) is 0 Å². The molecule has 0 bridgehead atoms. The van der Waals surface area contributed by atoms with Crippen molar-refractivity contribution in [1.29, 1.82) is 0 Å². The number of thioether (sulfide) groups is 1. The minimum atomic E-state index is -4.43. The van der Waals surface area contributed by atoms with Gasteiger partial charge in [-0.3, -0.25) is 4.79 Å². The van der Waals surface area contributed by atoms with Gasteiger partial charge in [0, 0.05) is 11.8 Å². The summed E-state index contributed by atoms with van der Waals surface area (Å²) in [4.78, 5) is 20.8. The van der Waals surface area contributed by atoms with E-state index >= 15 is 0 Å². The summed E-state index contributed by atoms with van der Waals surface area (Å²) in [6, 6.07) is 17.4. The van der Waals surface area contributed by atoms with Crippen molar-refractivity contribution in [3.05, 3.63) is 72.4 Å². The highest BCUT2D eigenvalue weighted by Gasteiger charge is 2.30. The first-order valence-electron chi connectivity index (χ1n) is 8.81. The molecule has 0 aliphatic heterocycles. The van der Waals surface area contributed by atoms with Crippen LogP contribution >= 0.6 is 23.1 Å². The number of amides is 1. The summed E-state index contributed by atoms with van der Waals surface area (Å²) in [5.74, 6) is -0.262. The average molecular weight is 445 g/mol. The van der Waals surface area contributed by atoms with E-state index in [2.05, 4.69) is 15.3 Å². The van der Waals surface area contributed by atoms with Gasteiger partial charge in [0.05, 0.1) is 32.2 Å². The van der Waals surface area contributed by atoms with Gasteiger partial charge in [0.2, 0.25) is 5.91 Å². The fraction of sp³-hybridized carbons (Fsp3) is 0.0952. The lowest BCUT2D eigenvalue weighted by Gasteiger charge is -2.09. The maximum Gasteiger partial charge on any atom is 0.417 e. The fourth-order valence-electron chi connectivity index (χ4n) is 2.73. The minimum absolute atomic E-state index is 0.0204. The lowest BCUT2D eigenvalue weighted by atomic mass is 10.2. The van der Waals surface area contributed by atoms with Gasteiger partial charge >= 0.3 is 6.18 Å². The summed E-state index contributed by atoms with van der Waals surface area (Å²) >= 11 is 2.60. The van der Waals surface area contributed by atoms with E-state index in [9.17, 15) is 18.0 Å². The zero-order valence-corrected chi connectivity index (χ0v) is 16.9. The monoisotopic (exact) mass is 445 g/mol. The number of hydrogen-bond acceptors (Lipinski definition) is 5. The number of nitrogens with zero attached hydrogens (tertiary/aromatic N) is 2. The van der Waals surface area contributed by atoms with Crippen molar-refractivity contribution in [3.8, 4) is 10.6 Å². The van der Waals surface area contributed by atoms with Crippen molar-refractivity contribution in [1.82, 2.24) is 9.97 Å². The van der Waals surface area contributed by atoms with E-state index in [1.165, 1.54) is 17.4 Å². The molecule has 0 atom stereocenters. The second-order valence-electron chi connectivity index (χ2n) is 6.25. The summed E-state index contributed by atoms with van der Waals surface area (Å²) in [7, 11) is 0. The number of pyridine rings is 1. The first kappa shape index (κ1) is 20.4. The van der Waals surface area contributed by atoms with Gasteiger partial charge in [0.25, 0.3) is 0 Å². The van der Waals surface area contributed by atoms with Crippen molar-refractivity contribution < 1.29 is 18.0 Å². The molecule has 4 nitrogen and oxygen atoms in total. The minimum Gasteiger partial charge on any atom is -0.325 e. The number of benzene rings is 2. The zero-order valence-electron chi connectivity index (χ0n) is 15.3. The number of carbonyl (C=O) groups is 1. The number of nitrogens with one attached hydrogen (secondary N) is 1. The van der Waals surface area contributed by atoms with Crippen molar-refractivity contribution in [2.24, 2.45) is 0 Å². The van der Waals surface area contributed by atoms with Crippen LogP contribution < -0.4 is 5.32 Å². The van der Waals surface area contributed by atoms with Gasteiger partial charge in [-0.25, -0.2) is 9.97 Å². The number of rotatable bonds is 5. The summed E-state index contributed by atoms with van der Waals surface area (Å²) in [5, 5.41) is 4.00. The molecular formula is C21H14F3N3OS2. The molecule has 1 amide bonds. The Labute approximate surface area is 178 Å². The fourth-order valence-corrected chi connectivity index (χ4v) is 4.37. The Morgan fingerprint density at radius 1 is 1.03 bits per heavy atom. The summed E-state index contributed by atoms with van der Waals surface area (Å²) in [5.41, 5.74) is 1.51. The molecule has 2 aromatic carbocycles. The van der Waals surface area contributed by atoms with Crippen LogP contribution in [-0.4, -0.2) is 21.6 Å². The number of carbonyl (C=O) groups excluding carboxylic acids is 1. The topological polar surface area (TPSA) is 54.9 Å². The summed E-state index contributed by atoms with van der Waals surface area (Å²) < 4.78 is 38.9. The molecule has 1 N–H and O–H groups in total. The Kier molecular flexibility index (Phi) is 5.74. The van der Waals surface area contributed by atoms with E-state index in [0.29, 0.717) is 10.7 Å². The van der Waals surface area contributed by atoms with E-state index in [4.69, 9.17) is 0 Å².